The van der Waals surface area contributed by atoms with Gasteiger partial charge in [-0.25, -0.2) is 8.42 Å². The highest BCUT2D eigenvalue weighted by molar-refractivity contribution is 7.92. The lowest BCUT2D eigenvalue weighted by Gasteiger charge is -2.21. The molecule has 4 aromatic carbocycles. The van der Waals surface area contributed by atoms with Gasteiger partial charge in [0.25, 0.3) is 15.9 Å². The van der Waals surface area contributed by atoms with Gasteiger partial charge in [-0.15, -0.1) is 0 Å². The molecule has 0 fully saturated rings. The molecule has 1 amide bonds. The Labute approximate surface area is 204 Å². The maximum absolute atomic E-state index is 13.2. The Hall–Kier alpha value is -3.61. The van der Waals surface area contributed by atoms with Crippen molar-refractivity contribution < 1.29 is 13.2 Å². The lowest BCUT2D eigenvalue weighted by Crippen LogP contribution is -2.30. The predicted octanol–water partition coefficient (Wildman–Crippen LogP) is 5.68. The van der Waals surface area contributed by atoms with E-state index < -0.39 is 10.0 Å². The van der Waals surface area contributed by atoms with E-state index in [-0.39, 0.29) is 22.4 Å². The van der Waals surface area contributed by atoms with Crippen molar-refractivity contribution in [1.82, 2.24) is 5.32 Å². The Kier molecular flexibility index (Phi) is 7.01. The van der Waals surface area contributed by atoms with Crippen LogP contribution in [-0.2, 0) is 10.0 Å². The fraction of sp³-hybridized carbons (Fsp3) is 0.0741. The van der Waals surface area contributed by atoms with Crippen LogP contribution in [0.15, 0.2) is 114 Å². The van der Waals surface area contributed by atoms with Crippen molar-refractivity contribution in [2.45, 2.75) is 10.9 Å². The second-order valence-electron chi connectivity index (χ2n) is 7.71. The van der Waals surface area contributed by atoms with E-state index in [0.29, 0.717) is 10.7 Å². The first-order valence-corrected chi connectivity index (χ1v) is 12.4. The van der Waals surface area contributed by atoms with Crippen LogP contribution in [0.3, 0.4) is 0 Å². The second-order valence-corrected chi connectivity index (χ2v) is 10.1. The van der Waals surface area contributed by atoms with E-state index in [1.807, 2.05) is 60.7 Å². The number of nitrogens with one attached hydrogen (secondary N) is 1. The van der Waals surface area contributed by atoms with Crippen molar-refractivity contribution in [2.24, 2.45) is 0 Å². The van der Waals surface area contributed by atoms with Gasteiger partial charge in [0.2, 0.25) is 0 Å². The monoisotopic (exact) mass is 490 g/mol. The summed E-state index contributed by atoms with van der Waals surface area (Å²) in [4.78, 5) is 13.2. The first-order chi connectivity index (χ1) is 16.4. The van der Waals surface area contributed by atoms with Crippen molar-refractivity contribution in [1.29, 1.82) is 0 Å². The van der Waals surface area contributed by atoms with Gasteiger partial charge in [-0.05, 0) is 47.5 Å². The van der Waals surface area contributed by atoms with Crippen molar-refractivity contribution in [3.63, 3.8) is 0 Å². The van der Waals surface area contributed by atoms with E-state index >= 15 is 0 Å². The summed E-state index contributed by atoms with van der Waals surface area (Å²) in [5.74, 6) is -0.375. The molecule has 0 spiro atoms. The number of hydrogen-bond donors (Lipinski definition) is 1. The molecule has 0 radical (unpaired) electrons. The lowest BCUT2D eigenvalue weighted by molar-refractivity contribution is 0.0942. The molecule has 0 unspecified atom stereocenters. The van der Waals surface area contributed by atoms with Gasteiger partial charge in [0.15, 0.2) is 0 Å². The summed E-state index contributed by atoms with van der Waals surface area (Å²) in [7, 11) is -2.45. The van der Waals surface area contributed by atoms with E-state index in [9.17, 15) is 13.2 Å². The van der Waals surface area contributed by atoms with Crippen LogP contribution >= 0.6 is 11.6 Å². The highest BCUT2D eigenvalue weighted by atomic mass is 35.5. The van der Waals surface area contributed by atoms with E-state index in [2.05, 4.69) is 5.32 Å². The molecule has 0 saturated heterocycles. The molecular formula is C27H23ClN2O3S. The molecule has 172 valence electrons. The maximum atomic E-state index is 13.2. The van der Waals surface area contributed by atoms with E-state index in [1.165, 1.54) is 19.2 Å². The number of nitrogens with zero attached hydrogens (tertiary/aromatic N) is 1. The van der Waals surface area contributed by atoms with Crippen LogP contribution in [0.1, 0.15) is 27.5 Å². The Morgan fingerprint density at radius 3 is 1.97 bits per heavy atom. The highest BCUT2D eigenvalue weighted by Gasteiger charge is 2.24. The molecule has 0 aliphatic carbocycles. The third-order valence-electron chi connectivity index (χ3n) is 5.47. The molecule has 34 heavy (non-hydrogen) atoms. The van der Waals surface area contributed by atoms with Gasteiger partial charge >= 0.3 is 0 Å². The zero-order valence-corrected chi connectivity index (χ0v) is 20.0. The largest absolute Gasteiger partial charge is 0.341 e. The standard InChI is InChI=1S/C27H23ClN2O3S/c1-30(24-16-9-15-23(28)19-24)34(32,33)25-17-8-14-22(18-25)27(31)29-26(20-10-4-2-5-11-20)21-12-6-3-7-13-21/h2-19,26H,1H3,(H,29,31). The summed E-state index contributed by atoms with van der Waals surface area (Å²) in [6, 6.07) is 31.5. The summed E-state index contributed by atoms with van der Waals surface area (Å²) in [5.41, 5.74) is 2.52. The quantitative estimate of drug-likeness (QED) is 0.362. The normalized spacial score (nSPS) is 11.3. The third kappa shape index (κ3) is 5.14. The van der Waals surface area contributed by atoms with Crippen LogP contribution in [0.25, 0.3) is 0 Å². The van der Waals surface area contributed by atoms with Gasteiger partial charge in [0, 0.05) is 17.6 Å². The first kappa shape index (κ1) is 23.5. The Bertz CT molecular complexity index is 1350. The summed E-state index contributed by atoms with van der Waals surface area (Å²) >= 11 is 6.03. The SMILES string of the molecule is CN(c1cccc(Cl)c1)S(=O)(=O)c1cccc(C(=O)NC(c2ccccc2)c2ccccc2)c1. The molecule has 0 atom stereocenters. The van der Waals surface area contributed by atoms with Crippen molar-refractivity contribution in [2.75, 3.05) is 11.4 Å². The predicted molar refractivity (Wildman–Crippen MR) is 136 cm³/mol. The van der Waals surface area contributed by atoms with Gasteiger partial charge in [0.05, 0.1) is 16.6 Å². The average molecular weight is 491 g/mol. The summed E-state index contributed by atoms with van der Waals surface area (Å²) in [6.45, 7) is 0. The van der Waals surface area contributed by atoms with Gasteiger partial charge in [-0.3, -0.25) is 9.10 Å². The number of benzene rings is 4. The third-order valence-corrected chi connectivity index (χ3v) is 7.48. The Morgan fingerprint density at radius 1 is 0.794 bits per heavy atom. The zero-order valence-electron chi connectivity index (χ0n) is 18.4. The molecule has 0 heterocycles. The molecule has 4 rings (SSSR count). The molecule has 1 N–H and O–H groups in total. The number of halogens is 1. The van der Waals surface area contributed by atoms with Gasteiger partial charge < -0.3 is 5.32 Å². The number of carbonyl (C=O) groups is 1. The minimum absolute atomic E-state index is 0.0126. The number of rotatable bonds is 7. The van der Waals surface area contributed by atoms with Crippen molar-refractivity contribution >= 4 is 33.2 Å². The minimum atomic E-state index is -3.90. The van der Waals surface area contributed by atoms with E-state index in [1.54, 1.807) is 36.4 Å². The zero-order chi connectivity index (χ0) is 24.1. The highest BCUT2D eigenvalue weighted by Crippen LogP contribution is 2.26. The summed E-state index contributed by atoms with van der Waals surface area (Å²) in [6.07, 6.45) is 0. The molecule has 0 bridgehead atoms. The first-order valence-electron chi connectivity index (χ1n) is 10.6. The smallest absolute Gasteiger partial charge is 0.264 e. The molecule has 7 heteroatoms. The number of amides is 1. The van der Waals surface area contributed by atoms with E-state index in [0.717, 1.165) is 15.4 Å². The van der Waals surface area contributed by atoms with Crippen LogP contribution in [0.5, 0.6) is 0 Å². The fourth-order valence-corrected chi connectivity index (χ4v) is 5.05. The van der Waals surface area contributed by atoms with Crippen LogP contribution < -0.4 is 9.62 Å². The number of carbonyl (C=O) groups excluding carboxylic acids is 1. The van der Waals surface area contributed by atoms with Gasteiger partial charge in [-0.1, -0.05) is 84.4 Å². The lowest BCUT2D eigenvalue weighted by atomic mass is 9.98. The summed E-state index contributed by atoms with van der Waals surface area (Å²) in [5, 5.41) is 3.48. The molecule has 0 aliphatic rings. The topological polar surface area (TPSA) is 66.5 Å². The molecule has 4 aromatic rings. The van der Waals surface area contributed by atoms with Crippen LogP contribution in [0.2, 0.25) is 5.02 Å². The second kappa shape index (κ2) is 10.1. The van der Waals surface area contributed by atoms with Crippen LogP contribution in [0.4, 0.5) is 5.69 Å². The molecular weight excluding hydrogens is 468 g/mol. The van der Waals surface area contributed by atoms with E-state index in [4.69, 9.17) is 11.6 Å². The van der Waals surface area contributed by atoms with Crippen molar-refractivity contribution in [3.05, 3.63) is 131 Å². The summed E-state index contributed by atoms with van der Waals surface area (Å²) < 4.78 is 27.6. The van der Waals surface area contributed by atoms with Gasteiger partial charge in [-0.2, -0.15) is 0 Å². The molecule has 0 aromatic heterocycles. The minimum Gasteiger partial charge on any atom is -0.341 e. The average Bonchev–Trinajstić information content (AvgIpc) is 2.87. The maximum Gasteiger partial charge on any atom is 0.264 e. The van der Waals surface area contributed by atoms with Crippen molar-refractivity contribution in [3.8, 4) is 0 Å². The van der Waals surface area contributed by atoms with Gasteiger partial charge in [0.1, 0.15) is 0 Å². The number of sulfonamides is 1. The number of anilines is 1. The fourth-order valence-electron chi connectivity index (χ4n) is 3.63. The molecule has 0 saturated carbocycles. The Morgan fingerprint density at radius 2 is 1.38 bits per heavy atom. The van der Waals surface area contributed by atoms with Crippen LogP contribution in [-0.4, -0.2) is 21.4 Å². The Balaban J connectivity index is 1.63. The molecule has 0 aliphatic heterocycles. The van der Waals surface area contributed by atoms with Crippen LogP contribution in [0, 0.1) is 0 Å². The molecule has 5 nitrogen and oxygen atoms in total. The number of hydrogen-bond acceptors (Lipinski definition) is 3.